The van der Waals surface area contributed by atoms with Crippen LogP contribution in [-0.2, 0) is 6.18 Å². The quantitative estimate of drug-likeness (QED) is 0.686. The first-order valence-electron chi connectivity index (χ1n) is 7.20. The number of rotatable bonds is 2. The minimum atomic E-state index is -4.34. The van der Waals surface area contributed by atoms with Crippen molar-refractivity contribution in [3.05, 3.63) is 64.1 Å². The van der Waals surface area contributed by atoms with Crippen molar-refractivity contribution in [1.82, 2.24) is 14.8 Å². The molecule has 1 unspecified atom stereocenters. The first kappa shape index (κ1) is 15.1. The molecule has 0 radical (unpaired) electrons. The summed E-state index contributed by atoms with van der Waals surface area (Å²) in [5, 5.41) is 6.14. The van der Waals surface area contributed by atoms with Crippen LogP contribution in [0.3, 0.4) is 0 Å². The van der Waals surface area contributed by atoms with Crippen molar-refractivity contribution in [2.24, 2.45) is 4.99 Å². The zero-order valence-electron chi connectivity index (χ0n) is 12.2. The third kappa shape index (κ3) is 2.62. The van der Waals surface area contributed by atoms with Gasteiger partial charge in [-0.05, 0) is 29.1 Å². The van der Waals surface area contributed by atoms with E-state index in [0.717, 1.165) is 28.3 Å². The highest BCUT2D eigenvalue weighted by Gasteiger charge is 2.31. The van der Waals surface area contributed by atoms with E-state index in [1.807, 2.05) is 17.5 Å². The molecular weight excluding hydrogens is 337 g/mol. The van der Waals surface area contributed by atoms with Gasteiger partial charge >= 0.3 is 6.18 Å². The molecule has 3 heterocycles. The van der Waals surface area contributed by atoms with Crippen molar-refractivity contribution in [3.8, 4) is 0 Å². The smallest absolute Gasteiger partial charge is 0.222 e. The van der Waals surface area contributed by atoms with Crippen molar-refractivity contribution in [1.29, 1.82) is 0 Å². The second kappa shape index (κ2) is 5.55. The predicted molar refractivity (Wildman–Crippen MR) is 84.7 cm³/mol. The van der Waals surface area contributed by atoms with Crippen LogP contribution in [0.1, 0.15) is 28.5 Å². The summed E-state index contributed by atoms with van der Waals surface area (Å²) in [7, 11) is 0. The van der Waals surface area contributed by atoms with Gasteiger partial charge in [-0.15, -0.1) is 11.3 Å². The highest BCUT2D eigenvalue weighted by atomic mass is 32.1. The van der Waals surface area contributed by atoms with Crippen LogP contribution in [0.5, 0.6) is 0 Å². The molecule has 0 bridgehead atoms. The lowest BCUT2D eigenvalue weighted by Crippen LogP contribution is -2.21. The van der Waals surface area contributed by atoms with Crippen molar-refractivity contribution >= 4 is 23.0 Å². The van der Waals surface area contributed by atoms with Gasteiger partial charge in [0.25, 0.3) is 0 Å². The second-order valence-corrected chi connectivity index (χ2v) is 6.33. The molecule has 0 saturated heterocycles. The molecule has 1 atom stereocenters. The van der Waals surface area contributed by atoms with E-state index in [0.29, 0.717) is 12.4 Å². The number of hydrogen-bond acceptors (Lipinski definition) is 4. The fourth-order valence-electron chi connectivity index (χ4n) is 2.73. The summed E-state index contributed by atoms with van der Waals surface area (Å²) in [4.78, 5) is 9.68. The van der Waals surface area contributed by atoms with E-state index in [1.165, 1.54) is 18.5 Å². The molecule has 0 saturated carbocycles. The minimum Gasteiger partial charge on any atom is -0.222 e. The van der Waals surface area contributed by atoms with Gasteiger partial charge in [0.15, 0.2) is 0 Å². The van der Waals surface area contributed by atoms with Gasteiger partial charge in [0.2, 0.25) is 5.95 Å². The molecule has 2 aromatic heterocycles. The van der Waals surface area contributed by atoms with Gasteiger partial charge in [-0.1, -0.05) is 18.2 Å². The Morgan fingerprint density at radius 1 is 1.12 bits per heavy atom. The van der Waals surface area contributed by atoms with Crippen LogP contribution in [0.2, 0.25) is 0 Å². The van der Waals surface area contributed by atoms with Crippen molar-refractivity contribution < 1.29 is 13.2 Å². The van der Waals surface area contributed by atoms with Crippen LogP contribution >= 0.6 is 11.3 Å². The third-order valence-corrected chi connectivity index (χ3v) is 4.82. The summed E-state index contributed by atoms with van der Waals surface area (Å²) >= 11 is 1.57. The number of alkyl halides is 3. The highest BCUT2D eigenvalue weighted by Crippen LogP contribution is 2.35. The Kier molecular flexibility index (Phi) is 3.49. The third-order valence-electron chi connectivity index (χ3n) is 3.90. The fraction of sp³-hybridized carbons (Fsp3) is 0.188. The topological polar surface area (TPSA) is 43.1 Å². The predicted octanol–water partition coefficient (Wildman–Crippen LogP) is 4.47. The standard InChI is InChI=1S/C16H11F3N4S/c17-16(18,19)11-5-3-10(4-6-11)13-8-12(14-2-1-7-24-14)22-15-20-9-21-23(13)15/h1-7,9,13H,8H2. The van der Waals surface area contributed by atoms with Crippen LogP contribution in [0, 0.1) is 0 Å². The van der Waals surface area contributed by atoms with Gasteiger partial charge in [-0.2, -0.15) is 23.3 Å². The number of nitrogens with zero attached hydrogens (tertiary/aromatic N) is 4. The lowest BCUT2D eigenvalue weighted by molar-refractivity contribution is -0.137. The van der Waals surface area contributed by atoms with E-state index >= 15 is 0 Å². The summed E-state index contributed by atoms with van der Waals surface area (Å²) in [5.41, 5.74) is 0.960. The molecule has 122 valence electrons. The molecule has 0 N–H and O–H groups in total. The summed E-state index contributed by atoms with van der Waals surface area (Å²) in [6, 6.07) is 8.88. The van der Waals surface area contributed by atoms with Crippen LogP contribution in [0.4, 0.5) is 19.1 Å². The van der Waals surface area contributed by atoms with Gasteiger partial charge in [0.1, 0.15) is 6.33 Å². The Hall–Kier alpha value is -2.48. The summed E-state index contributed by atoms with van der Waals surface area (Å²) in [6.45, 7) is 0. The molecule has 1 aliphatic heterocycles. The summed E-state index contributed by atoms with van der Waals surface area (Å²) < 4.78 is 39.9. The van der Waals surface area contributed by atoms with Gasteiger partial charge in [-0.3, -0.25) is 0 Å². The molecule has 0 amide bonds. The van der Waals surface area contributed by atoms with Crippen molar-refractivity contribution in [3.63, 3.8) is 0 Å². The van der Waals surface area contributed by atoms with Crippen LogP contribution in [0.15, 0.2) is 53.1 Å². The van der Waals surface area contributed by atoms with E-state index in [1.54, 1.807) is 16.0 Å². The zero-order chi connectivity index (χ0) is 16.7. The average Bonchev–Trinajstić information content (AvgIpc) is 3.24. The SMILES string of the molecule is FC(F)(F)c1ccc(C2CC(c3cccs3)=Nc3ncnn32)cc1. The second-order valence-electron chi connectivity index (χ2n) is 5.38. The van der Waals surface area contributed by atoms with Crippen LogP contribution in [-0.4, -0.2) is 20.5 Å². The number of halogens is 3. The van der Waals surface area contributed by atoms with Crippen LogP contribution < -0.4 is 0 Å². The number of benzene rings is 1. The highest BCUT2D eigenvalue weighted by molar-refractivity contribution is 7.12. The maximum atomic E-state index is 12.8. The van der Waals surface area contributed by atoms with Gasteiger partial charge in [-0.25, -0.2) is 9.67 Å². The Labute approximate surface area is 139 Å². The normalized spacial score (nSPS) is 17.5. The van der Waals surface area contributed by atoms with Crippen molar-refractivity contribution in [2.75, 3.05) is 0 Å². The molecule has 24 heavy (non-hydrogen) atoms. The molecule has 0 spiro atoms. The van der Waals surface area contributed by atoms with Gasteiger partial charge < -0.3 is 0 Å². The van der Waals surface area contributed by atoms with Crippen molar-refractivity contribution in [2.45, 2.75) is 18.6 Å². The van der Waals surface area contributed by atoms with E-state index in [4.69, 9.17) is 0 Å². The maximum Gasteiger partial charge on any atom is 0.416 e. The van der Waals surface area contributed by atoms with E-state index in [2.05, 4.69) is 15.1 Å². The van der Waals surface area contributed by atoms with Crippen LogP contribution in [0.25, 0.3) is 0 Å². The monoisotopic (exact) mass is 348 g/mol. The Balaban J connectivity index is 1.72. The van der Waals surface area contributed by atoms with Gasteiger partial charge in [0, 0.05) is 11.3 Å². The molecule has 3 aromatic rings. The largest absolute Gasteiger partial charge is 0.416 e. The van der Waals surface area contributed by atoms with Gasteiger partial charge in [0.05, 0.1) is 17.3 Å². The number of aromatic nitrogens is 3. The number of thiophene rings is 1. The molecule has 8 heteroatoms. The number of hydrogen-bond donors (Lipinski definition) is 0. The molecule has 1 aliphatic rings. The minimum absolute atomic E-state index is 0.223. The first-order chi connectivity index (χ1) is 11.5. The van der Waals surface area contributed by atoms with E-state index < -0.39 is 11.7 Å². The molecule has 4 rings (SSSR count). The first-order valence-corrected chi connectivity index (χ1v) is 8.08. The average molecular weight is 348 g/mol. The Morgan fingerprint density at radius 2 is 1.92 bits per heavy atom. The lowest BCUT2D eigenvalue weighted by Gasteiger charge is -2.23. The number of aliphatic imine (C=N–C) groups is 1. The molecule has 4 nitrogen and oxygen atoms in total. The molecular formula is C16H11F3N4S. The number of fused-ring (bicyclic) bond motifs is 1. The zero-order valence-corrected chi connectivity index (χ0v) is 13.1. The summed E-state index contributed by atoms with van der Waals surface area (Å²) in [5.74, 6) is 0.467. The van der Waals surface area contributed by atoms with E-state index in [9.17, 15) is 13.2 Å². The molecule has 1 aromatic carbocycles. The maximum absolute atomic E-state index is 12.8. The molecule has 0 fully saturated rings. The Bertz CT molecular complexity index is 879. The lowest BCUT2D eigenvalue weighted by atomic mass is 9.98. The fourth-order valence-corrected chi connectivity index (χ4v) is 3.46. The summed E-state index contributed by atoms with van der Waals surface area (Å²) in [6.07, 6.45) is -2.37. The molecule has 0 aliphatic carbocycles. The Morgan fingerprint density at radius 3 is 2.58 bits per heavy atom. The van der Waals surface area contributed by atoms with E-state index in [-0.39, 0.29) is 6.04 Å².